The van der Waals surface area contributed by atoms with Crippen LogP contribution < -0.4 is 0 Å². The van der Waals surface area contributed by atoms with Gasteiger partial charge in [-0.25, -0.2) is 0 Å². The van der Waals surface area contributed by atoms with Crippen LogP contribution in [0.4, 0.5) is 0 Å². The molecule has 2 rings (SSSR count). The lowest BCUT2D eigenvalue weighted by Crippen LogP contribution is -2.44. The zero-order valence-electron chi connectivity index (χ0n) is 14.2. The molecule has 3 nitrogen and oxygen atoms in total. The van der Waals surface area contributed by atoms with Gasteiger partial charge in [0.25, 0.3) is 0 Å². The van der Waals surface area contributed by atoms with E-state index in [9.17, 15) is 4.79 Å². The van der Waals surface area contributed by atoms with Gasteiger partial charge in [0, 0.05) is 18.1 Å². The average molecular weight is 340 g/mol. The molecule has 0 aliphatic carbocycles. The van der Waals surface area contributed by atoms with Gasteiger partial charge in [0.1, 0.15) is 0 Å². The largest absolute Gasteiger partial charge is 0.415 e. The van der Waals surface area contributed by atoms with Crippen LogP contribution in [0.25, 0.3) is 0 Å². The van der Waals surface area contributed by atoms with E-state index in [1.54, 1.807) is 0 Å². The monoisotopic (exact) mass is 339 g/mol. The number of hydrogen-bond donors (Lipinski definition) is 0. The first-order valence-corrected chi connectivity index (χ1v) is 11.1. The highest BCUT2D eigenvalue weighted by molar-refractivity contribution is 6.74. The fraction of sp³-hybridized carbons (Fsp3) is 0.588. The Hall–Kier alpha value is -0.843. The lowest BCUT2D eigenvalue weighted by atomic mass is 9.99. The van der Waals surface area contributed by atoms with E-state index >= 15 is 0 Å². The van der Waals surface area contributed by atoms with Crippen LogP contribution in [0.1, 0.15) is 31.9 Å². The van der Waals surface area contributed by atoms with E-state index in [0.29, 0.717) is 31.1 Å². The van der Waals surface area contributed by atoms with E-state index in [2.05, 4.69) is 33.9 Å². The molecule has 1 heterocycles. The third-order valence-electron chi connectivity index (χ3n) is 4.85. The molecule has 0 spiro atoms. The van der Waals surface area contributed by atoms with E-state index in [4.69, 9.17) is 16.0 Å². The third-order valence-corrected chi connectivity index (χ3v) is 9.63. The lowest BCUT2D eigenvalue weighted by Gasteiger charge is -2.37. The van der Waals surface area contributed by atoms with Gasteiger partial charge in [0.05, 0.1) is 13.0 Å². The topological polar surface area (TPSA) is 29.5 Å². The first kappa shape index (κ1) is 17.5. The van der Waals surface area contributed by atoms with Gasteiger partial charge in [-0.05, 0) is 41.4 Å². The molecule has 22 heavy (non-hydrogen) atoms. The van der Waals surface area contributed by atoms with Gasteiger partial charge < -0.3 is 9.33 Å². The molecule has 0 radical (unpaired) electrons. The molecule has 0 unspecified atom stereocenters. The first-order chi connectivity index (χ1) is 10.1. The number of carbonyl (C=O) groups is 1. The van der Waals surface area contributed by atoms with Crippen molar-refractivity contribution in [3.63, 3.8) is 0 Å². The van der Waals surface area contributed by atoms with Gasteiger partial charge in [0.2, 0.25) is 5.91 Å². The van der Waals surface area contributed by atoms with E-state index in [1.165, 1.54) is 5.56 Å². The van der Waals surface area contributed by atoms with Crippen molar-refractivity contribution in [2.75, 3.05) is 13.2 Å². The molecule has 0 saturated carbocycles. The Kier molecular flexibility index (Phi) is 5.05. The Morgan fingerprint density at radius 3 is 2.59 bits per heavy atom. The molecule has 0 atom stereocenters. The van der Waals surface area contributed by atoms with E-state index < -0.39 is 8.32 Å². The summed E-state index contributed by atoms with van der Waals surface area (Å²) < 4.78 is 6.18. The molecule has 1 aromatic rings. The summed E-state index contributed by atoms with van der Waals surface area (Å²) in [6.45, 7) is 13.1. The van der Waals surface area contributed by atoms with Crippen molar-refractivity contribution in [2.45, 2.75) is 51.9 Å². The molecule has 1 aliphatic heterocycles. The number of nitrogens with zero attached hydrogens (tertiary/aromatic N) is 1. The molecule has 0 aromatic heterocycles. The number of rotatable bonds is 4. The van der Waals surface area contributed by atoms with Crippen molar-refractivity contribution in [1.29, 1.82) is 0 Å². The highest BCUT2D eigenvalue weighted by atomic mass is 35.5. The average Bonchev–Trinajstić information content (AvgIpc) is 2.38. The number of halogens is 1. The second-order valence-electron chi connectivity index (χ2n) is 7.51. The lowest BCUT2D eigenvalue weighted by molar-refractivity contribution is -0.132. The van der Waals surface area contributed by atoms with Crippen LogP contribution in [0.15, 0.2) is 18.2 Å². The maximum Gasteiger partial charge on any atom is 0.227 e. The second-order valence-corrected chi connectivity index (χ2v) is 12.8. The van der Waals surface area contributed by atoms with Gasteiger partial charge in [-0.3, -0.25) is 4.79 Å². The molecule has 0 fully saturated rings. The minimum Gasteiger partial charge on any atom is -0.415 e. The van der Waals surface area contributed by atoms with E-state index in [-0.39, 0.29) is 10.9 Å². The fourth-order valence-corrected chi connectivity index (χ4v) is 3.54. The van der Waals surface area contributed by atoms with Crippen molar-refractivity contribution < 1.29 is 9.22 Å². The Morgan fingerprint density at radius 1 is 1.27 bits per heavy atom. The van der Waals surface area contributed by atoms with Gasteiger partial charge >= 0.3 is 0 Å². The Balaban J connectivity index is 1.95. The number of fused-ring (bicyclic) bond motifs is 1. The molecular formula is C17H26ClNO2Si. The van der Waals surface area contributed by atoms with Crippen LogP contribution in [0.5, 0.6) is 0 Å². The van der Waals surface area contributed by atoms with E-state index in [1.807, 2.05) is 23.1 Å². The molecule has 1 aliphatic rings. The van der Waals surface area contributed by atoms with Crippen LogP contribution >= 0.6 is 11.6 Å². The fourth-order valence-electron chi connectivity index (χ4n) is 2.31. The molecular weight excluding hydrogens is 314 g/mol. The highest BCUT2D eigenvalue weighted by Crippen LogP contribution is 2.36. The maximum absolute atomic E-state index is 12.3. The number of carbonyl (C=O) groups excluding carboxylic acids is 1. The Labute approximate surface area is 139 Å². The quantitative estimate of drug-likeness (QED) is 0.767. The van der Waals surface area contributed by atoms with Crippen molar-refractivity contribution in [1.82, 2.24) is 4.90 Å². The predicted molar refractivity (Wildman–Crippen MR) is 93.7 cm³/mol. The molecule has 0 bridgehead atoms. The summed E-state index contributed by atoms with van der Waals surface area (Å²) in [5, 5.41) is 0.892. The van der Waals surface area contributed by atoms with E-state index in [0.717, 1.165) is 5.56 Å². The number of amides is 1. The van der Waals surface area contributed by atoms with Gasteiger partial charge in [-0.15, -0.1) is 0 Å². The Morgan fingerprint density at radius 2 is 1.95 bits per heavy atom. The number of hydrogen-bond acceptors (Lipinski definition) is 2. The predicted octanol–water partition coefficient (Wildman–Crippen LogP) is 4.25. The van der Waals surface area contributed by atoms with Crippen LogP contribution in [-0.2, 0) is 22.2 Å². The summed E-state index contributed by atoms with van der Waals surface area (Å²) >= 11 is 6.00. The minimum absolute atomic E-state index is 0.161. The van der Waals surface area contributed by atoms with Gasteiger partial charge in [-0.1, -0.05) is 38.4 Å². The van der Waals surface area contributed by atoms with Crippen LogP contribution in [-0.4, -0.2) is 32.3 Å². The minimum atomic E-state index is -1.75. The SMILES string of the molecule is CC(C)(C)[Si](C)(C)OCCN1Cc2ccc(Cl)cc2CC1=O. The van der Waals surface area contributed by atoms with Gasteiger partial charge in [-0.2, -0.15) is 0 Å². The maximum atomic E-state index is 12.3. The molecule has 0 N–H and O–H groups in total. The van der Waals surface area contributed by atoms with Crippen molar-refractivity contribution in [3.05, 3.63) is 34.3 Å². The second kappa shape index (κ2) is 6.34. The van der Waals surface area contributed by atoms with Crippen molar-refractivity contribution in [3.8, 4) is 0 Å². The molecule has 1 aromatic carbocycles. The molecule has 5 heteroatoms. The Bertz CT molecular complexity index is 566. The first-order valence-electron chi connectivity index (χ1n) is 7.79. The van der Waals surface area contributed by atoms with Crippen molar-refractivity contribution in [2.24, 2.45) is 0 Å². The zero-order chi connectivity index (χ0) is 16.5. The zero-order valence-corrected chi connectivity index (χ0v) is 16.0. The summed E-state index contributed by atoms with van der Waals surface area (Å²) in [5.41, 5.74) is 2.25. The summed E-state index contributed by atoms with van der Waals surface area (Å²) in [5.74, 6) is 0.161. The summed E-state index contributed by atoms with van der Waals surface area (Å²) in [6.07, 6.45) is 0.440. The van der Waals surface area contributed by atoms with Gasteiger partial charge in [0.15, 0.2) is 8.32 Å². The smallest absolute Gasteiger partial charge is 0.227 e. The summed E-state index contributed by atoms with van der Waals surface area (Å²) in [4.78, 5) is 14.2. The summed E-state index contributed by atoms with van der Waals surface area (Å²) in [7, 11) is -1.75. The van der Waals surface area contributed by atoms with Crippen LogP contribution in [0.2, 0.25) is 23.2 Å². The highest BCUT2D eigenvalue weighted by Gasteiger charge is 2.37. The number of benzene rings is 1. The standard InChI is InChI=1S/C17H26ClNO2Si/c1-17(2,3)22(4,5)21-9-8-19-12-13-6-7-15(18)10-14(13)11-16(19)20/h6-7,10H,8-9,11-12H2,1-5H3. The van der Waals surface area contributed by atoms with Crippen LogP contribution in [0.3, 0.4) is 0 Å². The molecule has 122 valence electrons. The third kappa shape index (κ3) is 3.92. The molecule has 0 saturated heterocycles. The van der Waals surface area contributed by atoms with Crippen molar-refractivity contribution >= 4 is 25.8 Å². The summed E-state index contributed by atoms with van der Waals surface area (Å²) in [6, 6.07) is 5.81. The molecule has 1 amide bonds. The van der Waals surface area contributed by atoms with Crippen LogP contribution in [0, 0.1) is 0 Å². The normalized spacial score (nSPS) is 15.9.